The molecule has 0 bridgehead atoms. The third kappa shape index (κ3) is 2.76. The van der Waals surface area contributed by atoms with Crippen molar-refractivity contribution < 1.29 is 14.4 Å². The van der Waals surface area contributed by atoms with Crippen LogP contribution in [0.25, 0.3) is 0 Å². The zero-order valence-electron chi connectivity index (χ0n) is 9.80. The zero-order chi connectivity index (χ0) is 13.1. The van der Waals surface area contributed by atoms with Crippen molar-refractivity contribution in [2.45, 2.75) is 25.3 Å². The second kappa shape index (κ2) is 5.30. The number of hydrogen-bond acceptors (Lipinski definition) is 4. The molecule has 0 heterocycles. The second-order valence-corrected chi connectivity index (χ2v) is 4.58. The number of non-ortho nitro benzene ring substituents is 1. The molecule has 0 saturated heterocycles. The highest BCUT2D eigenvalue weighted by atomic mass is 19.1. The molecule has 0 aromatic heterocycles. The minimum atomic E-state index is -0.634. The fourth-order valence-corrected chi connectivity index (χ4v) is 2.42. The monoisotopic (exact) mass is 254 g/mol. The fourth-order valence-electron chi connectivity index (χ4n) is 2.42. The predicted molar refractivity (Wildman–Crippen MR) is 64.9 cm³/mol. The Labute approximate surface area is 104 Å². The first-order valence-electron chi connectivity index (χ1n) is 5.92. The Hall–Kier alpha value is -1.69. The van der Waals surface area contributed by atoms with Gasteiger partial charge in [0.1, 0.15) is 5.82 Å². The van der Waals surface area contributed by atoms with Gasteiger partial charge in [-0.15, -0.1) is 0 Å². The first-order valence-corrected chi connectivity index (χ1v) is 5.92. The number of aliphatic hydroxyl groups is 1. The molecule has 6 heteroatoms. The van der Waals surface area contributed by atoms with Crippen LogP contribution in [0, 0.1) is 21.8 Å². The van der Waals surface area contributed by atoms with Crippen molar-refractivity contribution in [1.82, 2.24) is 0 Å². The van der Waals surface area contributed by atoms with Crippen LogP contribution in [-0.2, 0) is 0 Å². The smallest absolute Gasteiger partial charge is 0.274 e. The fraction of sp³-hybridized carbons (Fsp3) is 0.500. The van der Waals surface area contributed by atoms with Crippen LogP contribution in [0.4, 0.5) is 15.8 Å². The van der Waals surface area contributed by atoms with Crippen LogP contribution >= 0.6 is 0 Å². The van der Waals surface area contributed by atoms with Gasteiger partial charge < -0.3 is 10.4 Å². The highest BCUT2D eigenvalue weighted by Crippen LogP contribution is 2.29. The Bertz CT molecular complexity index is 453. The Balaban J connectivity index is 2.16. The van der Waals surface area contributed by atoms with Gasteiger partial charge in [0.25, 0.3) is 5.69 Å². The number of benzene rings is 1. The molecule has 2 atom stereocenters. The van der Waals surface area contributed by atoms with Crippen molar-refractivity contribution in [3.8, 4) is 0 Å². The lowest BCUT2D eigenvalue weighted by molar-refractivity contribution is -0.385. The minimum absolute atomic E-state index is 0.0522. The van der Waals surface area contributed by atoms with E-state index in [0.717, 1.165) is 25.3 Å². The van der Waals surface area contributed by atoms with E-state index >= 15 is 0 Å². The Morgan fingerprint density at radius 1 is 1.44 bits per heavy atom. The van der Waals surface area contributed by atoms with Gasteiger partial charge in [0.2, 0.25) is 0 Å². The molecule has 18 heavy (non-hydrogen) atoms. The summed E-state index contributed by atoms with van der Waals surface area (Å²) in [6, 6.07) is 3.50. The lowest BCUT2D eigenvalue weighted by Crippen LogP contribution is -2.26. The van der Waals surface area contributed by atoms with Crippen LogP contribution < -0.4 is 5.32 Å². The Morgan fingerprint density at radius 2 is 2.22 bits per heavy atom. The lowest BCUT2D eigenvalue weighted by Gasteiger charge is -2.20. The quantitative estimate of drug-likeness (QED) is 0.638. The molecule has 5 nitrogen and oxygen atoms in total. The molecule has 98 valence electrons. The number of rotatable bonds is 4. The number of halogens is 1. The molecule has 0 amide bonds. The van der Waals surface area contributed by atoms with Gasteiger partial charge in [-0.25, -0.2) is 4.39 Å². The van der Waals surface area contributed by atoms with Gasteiger partial charge in [-0.1, -0.05) is 6.42 Å². The van der Waals surface area contributed by atoms with E-state index in [1.54, 1.807) is 0 Å². The van der Waals surface area contributed by atoms with Gasteiger partial charge in [-0.05, 0) is 18.9 Å². The summed E-state index contributed by atoms with van der Waals surface area (Å²) in [7, 11) is 0. The topological polar surface area (TPSA) is 75.4 Å². The van der Waals surface area contributed by atoms with Crippen LogP contribution in [-0.4, -0.2) is 22.7 Å². The summed E-state index contributed by atoms with van der Waals surface area (Å²) in [5.41, 5.74) is 0.128. The average molecular weight is 254 g/mol. The van der Waals surface area contributed by atoms with Crippen molar-refractivity contribution in [2.24, 2.45) is 5.92 Å². The van der Waals surface area contributed by atoms with E-state index in [-0.39, 0.29) is 24.3 Å². The molecule has 1 saturated carbocycles. The van der Waals surface area contributed by atoms with Gasteiger partial charge in [-0.2, -0.15) is 0 Å². The molecule has 1 aromatic rings. The van der Waals surface area contributed by atoms with Crippen molar-refractivity contribution in [2.75, 3.05) is 11.9 Å². The number of anilines is 1. The Morgan fingerprint density at radius 3 is 2.89 bits per heavy atom. The highest BCUT2D eigenvalue weighted by molar-refractivity contribution is 5.52. The van der Waals surface area contributed by atoms with Crippen LogP contribution in [0.2, 0.25) is 0 Å². The van der Waals surface area contributed by atoms with Crippen molar-refractivity contribution >= 4 is 11.4 Å². The molecular formula is C12H15FN2O3. The van der Waals surface area contributed by atoms with Crippen LogP contribution in [0.1, 0.15) is 19.3 Å². The number of nitrogens with zero attached hydrogens (tertiary/aromatic N) is 1. The van der Waals surface area contributed by atoms with Gasteiger partial charge in [0, 0.05) is 30.3 Å². The molecule has 0 radical (unpaired) electrons. The van der Waals surface area contributed by atoms with E-state index in [1.807, 2.05) is 0 Å². The maximum absolute atomic E-state index is 13.2. The molecule has 0 aliphatic heterocycles. The highest BCUT2D eigenvalue weighted by Gasteiger charge is 2.26. The summed E-state index contributed by atoms with van der Waals surface area (Å²) in [6.45, 7) is 0.0784. The first-order chi connectivity index (χ1) is 8.60. The normalized spacial score (nSPS) is 23.0. The van der Waals surface area contributed by atoms with E-state index in [0.29, 0.717) is 5.69 Å². The van der Waals surface area contributed by atoms with E-state index in [2.05, 4.69) is 5.32 Å². The zero-order valence-corrected chi connectivity index (χ0v) is 9.80. The molecule has 1 aliphatic carbocycles. The van der Waals surface area contributed by atoms with E-state index in [4.69, 9.17) is 0 Å². The summed E-state index contributed by atoms with van der Waals surface area (Å²) in [5.74, 6) is -0.502. The predicted octanol–water partition coefficient (Wildman–Crippen LogP) is 2.31. The molecule has 1 aliphatic rings. The molecule has 1 aromatic carbocycles. The molecular weight excluding hydrogens is 239 g/mol. The summed E-state index contributed by atoms with van der Waals surface area (Å²) >= 11 is 0. The van der Waals surface area contributed by atoms with Crippen molar-refractivity contribution in [3.05, 3.63) is 34.1 Å². The Kier molecular flexibility index (Phi) is 3.76. The SMILES string of the molecule is O=[N+]([O-])c1cc(F)cc(NC2CCCC2CO)c1. The van der Waals surface area contributed by atoms with Gasteiger partial charge in [0.15, 0.2) is 0 Å². The largest absolute Gasteiger partial charge is 0.396 e. The third-order valence-electron chi connectivity index (χ3n) is 3.34. The van der Waals surface area contributed by atoms with E-state index in [9.17, 15) is 19.6 Å². The van der Waals surface area contributed by atoms with Crippen LogP contribution in [0.15, 0.2) is 18.2 Å². The van der Waals surface area contributed by atoms with Crippen molar-refractivity contribution in [1.29, 1.82) is 0 Å². The van der Waals surface area contributed by atoms with Crippen LogP contribution in [0.3, 0.4) is 0 Å². The lowest BCUT2D eigenvalue weighted by atomic mass is 10.0. The number of nitro benzene ring substituents is 1. The maximum Gasteiger partial charge on any atom is 0.274 e. The van der Waals surface area contributed by atoms with Crippen LogP contribution in [0.5, 0.6) is 0 Å². The number of nitrogens with one attached hydrogen (secondary N) is 1. The van der Waals surface area contributed by atoms with E-state index < -0.39 is 10.7 Å². The summed E-state index contributed by atoms with van der Waals surface area (Å²) in [4.78, 5) is 10.0. The van der Waals surface area contributed by atoms with Gasteiger partial charge in [-0.3, -0.25) is 10.1 Å². The second-order valence-electron chi connectivity index (χ2n) is 4.58. The van der Waals surface area contributed by atoms with Gasteiger partial charge >= 0.3 is 0 Å². The van der Waals surface area contributed by atoms with Gasteiger partial charge in [0.05, 0.1) is 11.0 Å². The molecule has 2 unspecified atom stereocenters. The number of aliphatic hydroxyl groups excluding tert-OH is 1. The molecule has 1 fully saturated rings. The maximum atomic E-state index is 13.2. The molecule has 0 spiro atoms. The summed E-state index contributed by atoms with van der Waals surface area (Å²) in [5, 5.41) is 22.9. The summed E-state index contributed by atoms with van der Waals surface area (Å²) < 4.78 is 13.2. The number of hydrogen-bond donors (Lipinski definition) is 2. The van der Waals surface area contributed by atoms with E-state index in [1.165, 1.54) is 12.1 Å². The molecule has 2 N–H and O–H groups in total. The third-order valence-corrected chi connectivity index (χ3v) is 3.34. The van der Waals surface area contributed by atoms with Crippen molar-refractivity contribution in [3.63, 3.8) is 0 Å². The minimum Gasteiger partial charge on any atom is -0.396 e. The first kappa shape index (κ1) is 12.8. The average Bonchev–Trinajstić information content (AvgIpc) is 2.75. The standard InChI is InChI=1S/C12H15FN2O3/c13-9-4-10(6-11(5-9)15(17)18)14-12-3-1-2-8(12)7-16/h4-6,8,12,14,16H,1-3,7H2. The number of nitro groups is 1. The molecule has 2 rings (SSSR count). The summed E-state index contributed by atoms with van der Waals surface area (Å²) in [6.07, 6.45) is 2.81.